The molecular formula is C17H17ClN4O4. The molecule has 0 N–H and O–H groups in total. The average Bonchev–Trinajstić information content (AvgIpc) is 3.11. The van der Waals surface area contributed by atoms with E-state index >= 15 is 0 Å². The smallest absolute Gasteiger partial charge is 0.292 e. The zero-order valence-corrected chi connectivity index (χ0v) is 14.6. The summed E-state index contributed by atoms with van der Waals surface area (Å²) in [5.74, 6) is 0. The van der Waals surface area contributed by atoms with Crippen molar-refractivity contribution in [2.45, 2.75) is 12.5 Å². The maximum absolute atomic E-state index is 12.6. The van der Waals surface area contributed by atoms with Crippen molar-refractivity contribution >= 4 is 23.0 Å². The molecule has 1 fully saturated rings. The van der Waals surface area contributed by atoms with Crippen LogP contribution in [0.25, 0.3) is 5.69 Å². The number of ether oxygens (including phenoxy) is 1. The van der Waals surface area contributed by atoms with Gasteiger partial charge in [-0.25, -0.2) is 0 Å². The van der Waals surface area contributed by atoms with Crippen molar-refractivity contribution in [2.24, 2.45) is 0 Å². The lowest BCUT2D eigenvalue weighted by atomic mass is 10.3. The standard InChI is InChI=1S/C17H17ClN4O4/c1-2-9-26-14-7-8-20(11-14)15-10-19-21(17(23)16(15)18)12-3-5-13(6-4-12)22(24)25/h2-6,10,14H,1,7-9,11H2. The van der Waals surface area contributed by atoms with Gasteiger partial charge in [0.2, 0.25) is 0 Å². The van der Waals surface area contributed by atoms with E-state index in [1.54, 1.807) is 6.08 Å². The molecular weight excluding hydrogens is 360 g/mol. The fraction of sp³-hybridized carbons (Fsp3) is 0.294. The third-order valence-corrected chi connectivity index (χ3v) is 4.50. The van der Waals surface area contributed by atoms with Crippen LogP contribution in [0.2, 0.25) is 5.02 Å². The van der Waals surface area contributed by atoms with Crippen LogP contribution in [0.3, 0.4) is 0 Å². The lowest BCUT2D eigenvalue weighted by Crippen LogP contribution is -2.28. The van der Waals surface area contributed by atoms with E-state index in [0.717, 1.165) is 11.1 Å². The number of anilines is 1. The van der Waals surface area contributed by atoms with E-state index in [1.807, 2.05) is 4.90 Å². The summed E-state index contributed by atoms with van der Waals surface area (Å²) >= 11 is 6.28. The highest BCUT2D eigenvalue weighted by atomic mass is 35.5. The molecule has 1 aliphatic heterocycles. The number of halogens is 1. The Morgan fingerprint density at radius 1 is 1.42 bits per heavy atom. The molecule has 0 saturated carbocycles. The third-order valence-electron chi connectivity index (χ3n) is 4.14. The van der Waals surface area contributed by atoms with Gasteiger partial charge >= 0.3 is 0 Å². The van der Waals surface area contributed by atoms with Crippen molar-refractivity contribution in [3.8, 4) is 5.69 Å². The van der Waals surface area contributed by atoms with Crippen molar-refractivity contribution in [1.82, 2.24) is 9.78 Å². The molecule has 1 atom stereocenters. The number of benzene rings is 1. The molecule has 1 aromatic carbocycles. The van der Waals surface area contributed by atoms with Gasteiger partial charge in [0.15, 0.2) is 0 Å². The Morgan fingerprint density at radius 2 is 2.15 bits per heavy atom. The van der Waals surface area contributed by atoms with E-state index in [-0.39, 0.29) is 16.8 Å². The minimum atomic E-state index is -0.506. The van der Waals surface area contributed by atoms with Crippen molar-refractivity contribution < 1.29 is 9.66 Å². The molecule has 136 valence electrons. The average molecular weight is 377 g/mol. The minimum Gasteiger partial charge on any atom is -0.372 e. The number of nitro benzene ring substituents is 1. The van der Waals surface area contributed by atoms with Gasteiger partial charge in [0.05, 0.1) is 35.2 Å². The van der Waals surface area contributed by atoms with Crippen LogP contribution in [-0.2, 0) is 4.74 Å². The second kappa shape index (κ2) is 7.67. The molecule has 9 heteroatoms. The van der Waals surface area contributed by atoms with Crippen molar-refractivity contribution in [2.75, 3.05) is 24.6 Å². The van der Waals surface area contributed by atoms with Gasteiger partial charge in [-0.3, -0.25) is 14.9 Å². The highest BCUT2D eigenvalue weighted by Gasteiger charge is 2.26. The number of aromatic nitrogens is 2. The van der Waals surface area contributed by atoms with Crippen LogP contribution in [0.4, 0.5) is 11.4 Å². The Morgan fingerprint density at radius 3 is 2.81 bits per heavy atom. The Hall–Kier alpha value is -2.71. The highest BCUT2D eigenvalue weighted by molar-refractivity contribution is 6.33. The van der Waals surface area contributed by atoms with Gasteiger partial charge in [-0.2, -0.15) is 9.78 Å². The van der Waals surface area contributed by atoms with Gasteiger partial charge in [0.1, 0.15) is 5.02 Å². The van der Waals surface area contributed by atoms with Gasteiger partial charge < -0.3 is 9.64 Å². The zero-order valence-electron chi connectivity index (χ0n) is 13.9. The fourth-order valence-electron chi connectivity index (χ4n) is 2.83. The van der Waals surface area contributed by atoms with E-state index < -0.39 is 10.5 Å². The number of nitro groups is 1. The molecule has 0 amide bonds. The monoisotopic (exact) mass is 376 g/mol. The van der Waals surface area contributed by atoms with E-state index in [2.05, 4.69) is 11.7 Å². The number of hydrogen-bond acceptors (Lipinski definition) is 6. The van der Waals surface area contributed by atoms with Crippen molar-refractivity contribution in [3.63, 3.8) is 0 Å². The second-order valence-corrected chi connectivity index (χ2v) is 6.19. The second-order valence-electron chi connectivity index (χ2n) is 5.81. The summed E-state index contributed by atoms with van der Waals surface area (Å²) in [7, 11) is 0. The summed E-state index contributed by atoms with van der Waals surface area (Å²) in [4.78, 5) is 24.8. The van der Waals surface area contributed by atoms with Gasteiger partial charge in [-0.15, -0.1) is 6.58 Å². The summed E-state index contributed by atoms with van der Waals surface area (Å²) in [6.07, 6.45) is 4.11. The van der Waals surface area contributed by atoms with Crippen LogP contribution < -0.4 is 10.5 Å². The number of nitrogens with zero attached hydrogens (tertiary/aromatic N) is 4. The quantitative estimate of drug-likeness (QED) is 0.437. The summed E-state index contributed by atoms with van der Waals surface area (Å²) in [6.45, 7) is 5.44. The largest absolute Gasteiger partial charge is 0.372 e. The molecule has 3 rings (SSSR count). The van der Waals surface area contributed by atoms with Gasteiger partial charge in [0, 0.05) is 25.2 Å². The maximum Gasteiger partial charge on any atom is 0.292 e. The third kappa shape index (κ3) is 3.61. The SMILES string of the molecule is C=CCOC1CCN(c2cnn(-c3ccc([N+](=O)[O-])cc3)c(=O)c2Cl)C1. The van der Waals surface area contributed by atoms with Crippen LogP contribution in [0, 0.1) is 10.1 Å². The molecule has 1 unspecified atom stereocenters. The first-order chi connectivity index (χ1) is 12.5. The highest BCUT2D eigenvalue weighted by Crippen LogP contribution is 2.26. The van der Waals surface area contributed by atoms with Crippen LogP contribution >= 0.6 is 11.6 Å². The first-order valence-corrected chi connectivity index (χ1v) is 8.39. The summed E-state index contributed by atoms with van der Waals surface area (Å²) in [5, 5.41) is 15.0. The molecule has 0 bridgehead atoms. The molecule has 1 saturated heterocycles. The topological polar surface area (TPSA) is 90.5 Å². The molecule has 0 radical (unpaired) electrons. The van der Waals surface area contributed by atoms with Crippen LogP contribution in [0.5, 0.6) is 0 Å². The van der Waals surface area contributed by atoms with E-state index in [9.17, 15) is 14.9 Å². The molecule has 1 aromatic heterocycles. The lowest BCUT2D eigenvalue weighted by Gasteiger charge is -2.19. The summed E-state index contributed by atoms with van der Waals surface area (Å²) < 4.78 is 6.76. The number of rotatable bonds is 6. The van der Waals surface area contributed by atoms with Crippen molar-refractivity contribution in [1.29, 1.82) is 0 Å². The molecule has 0 spiro atoms. The number of non-ortho nitro benzene ring substituents is 1. The summed E-state index contributed by atoms with van der Waals surface area (Å²) in [6, 6.07) is 5.54. The van der Waals surface area contributed by atoms with Crippen LogP contribution in [-0.4, -0.2) is 40.5 Å². The van der Waals surface area contributed by atoms with Gasteiger partial charge in [-0.05, 0) is 18.6 Å². The van der Waals surface area contributed by atoms with Gasteiger partial charge in [-0.1, -0.05) is 17.7 Å². The van der Waals surface area contributed by atoms with Crippen LogP contribution in [0.1, 0.15) is 6.42 Å². The van der Waals surface area contributed by atoms with E-state index in [0.29, 0.717) is 31.1 Å². The zero-order chi connectivity index (χ0) is 18.7. The van der Waals surface area contributed by atoms with Gasteiger partial charge in [0.25, 0.3) is 11.2 Å². The Balaban J connectivity index is 1.84. The maximum atomic E-state index is 12.6. The molecule has 1 aliphatic rings. The fourth-order valence-corrected chi connectivity index (χ4v) is 3.08. The summed E-state index contributed by atoms with van der Waals surface area (Å²) in [5.41, 5.74) is 0.419. The molecule has 26 heavy (non-hydrogen) atoms. The Labute approximate surface area is 154 Å². The number of hydrogen-bond donors (Lipinski definition) is 0. The first-order valence-electron chi connectivity index (χ1n) is 8.01. The molecule has 2 aromatic rings. The van der Waals surface area contributed by atoms with E-state index in [1.165, 1.54) is 30.5 Å². The normalized spacial score (nSPS) is 16.7. The minimum absolute atomic E-state index is 0.0566. The Bertz CT molecular complexity index is 881. The Kier molecular flexibility index (Phi) is 5.34. The first kappa shape index (κ1) is 18.1. The molecule has 8 nitrogen and oxygen atoms in total. The predicted octanol–water partition coefficient (Wildman–Crippen LogP) is 2.58. The van der Waals surface area contributed by atoms with Crippen molar-refractivity contribution in [3.05, 3.63) is 68.6 Å². The van der Waals surface area contributed by atoms with Crippen LogP contribution in [0.15, 0.2) is 47.9 Å². The predicted molar refractivity (Wildman–Crippen MR) is 98.3 cm³/mol. The lowest BCUT2D eigenvalue weighted by molar-refractivity contribution is -0.384. The van der Waals surface area contributed by atoms with E-state index in [4.69, 9.17) is 16.3 Å². The molecule has 2 heterocycles. The molecule has 0 aliphatic carbocycles.